The zero-order valence-corrected chi connectivity index (χ0v) is 9.98. The Bertz CT molecular complexity index is 395. The summed E-state index contributed by atoms with van der Waals surface area (Å²) >= 11 is 0.999. The second-order valence-electron chi connectivity index (χ2n) is 3.29. The molecule has 0 bridgehead atoms. The van der Waals surface area contributed by atoms with Crippen LogP contribution >= 0.6 is 11.3 Å². The molecule has 0 aromatic carbocycles. The normalized spacial score (nSPS) is 11.7. The van der Waals surface area contributed by atoms with Gasteiger partial charge in [-0.15, -0.1) is 11.3 Å². The average Bonchev–Trinajstić information content (AvgIpc) is 2.70. The fourth-order valence-electron chi connectivity index (χ4n) is 1.04. The first-order valence-electron chi connectivity index (χ1n) is 4.91. The summed E-state index contributed by atoms with van der Waals surface area (Å²) in [6, 6.07) is 0. The summed E-state index contributed by atoms with van der Waals surface area (Å²) in [5.74, 6) is -1.10. The van der Waals surface area contributed by atoms with Crippen LogP contribution in [0.25, 0.3) is 0 Å². The Morgan fingerprint density at radius 1 is 1.56 bits per heavy atom. The van der Waals surface area contributed by atoms with E-state index in [4.69, 9.17) is 5.11 Å². The average molecular weight is 284 g/mol. The molecule has 0 saturated heterocycles. The number of nitrogens with one attached hydrogen (secondary N) is 1. The lowest BCUT2D eigenvalue weighted by molar-refractivity contribution is -0.173. The molecule has 1 aromatic rings. The second kappa shape index (κ2) is 6.66. The minimum Gasteiger partial charge on any atom is -0.476 e. The molecule has 0 spiro atoms. The van der Waals surface area contributed by atoms with Crippen molar-refractivity contribution in [1.29, 1.82) is 0 Å². The number of alkyl halides is 3. The maximum Gasteiger partial charge on any atom is 0.411 e. The van der Waals surface area contributed by atoms with Crippen molar-refractivity contribution in [3.8, 4) is 0 Å². The highest BCUT2D eigenvalue weighted by atomic mass is 32.1. The van der Waals surface area contributed by atoms with Crippen LogP contribution in [-0.2, 0) is 11.3 Å². The van der Waals surface area contributed by atoms with Gasteiger partial charge in [0.15, 0.2) is 0 Å². The number of aromatic carboxylic acids is 1. The molecule has 0 aliphatic rings. The van der Waals surface area contributed by atoms with Crippen LogP contribution in [0, 0.1) is 0 Å². The molecule has 1 aromatic heterocycles. The summed E-state index contributed by atoms with van der Waals surface area (Å²) in [6.07, 6.45) is -4.31. The maximum atomic E-state index is 11.7. The van der Waals surface area contributed by atoms with Gasteiger partial charge in [0, 0.05) is 18.5 Å². The number of carbonyl (C=O) groups is 1. The molecule has 1 heterocycles. The largest absolute Gasteiger partial charge is 0.476 e. The van der Waals surface area contributed by atoms with Crippen LogP contribution in [-0.4, -0.2) is 42.0 Å². The molecule has 9 heteroatoms. The lowest BCUT2D eigenvalue weighted by Gasteiger charge is -2.07. The summed E-state index contributed by atoms with van der Waals surface area (Å²) in [7, 11) is 0. The summed E-state index contributed by atoms with van der Waals surface area (Å²) in [4.78, 5) is 14.3. The van der Waals surface area contributed by atoms with Crippen LogP contribution in [0.3, 0.4) is 0 Å². The first kappa shape index (κ1) is 14.9. The fraction of sp³-hybridized carbons (Fsp3) is 0.556. The highest BCUT2D eigenvalue weighted by Crippen LogP contribution is 2.14. The quantitative estimate of drug-likeness (QED) is 0.743. The van der Waals surface area contributed by atoms with Crippen molar-refractivity contribution in [3.63, 3.8) is 0 Å². The van der Waals surface area contributed by atoms with Gasteiger partial charge >= 0.3 is 12.1 Å². The molecule has 0 aliphatic heterocycles. The second-order valence-corrected chi connectivity index (χ2v) is 4.15. The zero-order chi connectivity index (χ0) is 13.6. The Morgan fingerprint density at radius 2 is 2.28 bits per heavy atom. The van der Waals surface area contributed by atoms with Gasteiger partial charge in [-0.05, 0) is 0 Å². The van der Waals surface area contributed by atoms with Crippen molar-refractivity contribution in [3.05, 3.63) is 16.1 Å². The van der Waals surface area contributed by atoms with Crippen molar-refractivity contribution in [2.45, 2.75) is 12.7 Å². The third-order valence-corrected chi connectivity index (χ3v) is 2.61. The first-order chi connectivity index (χ1) is 8.38. The Morgan fingerprint density at radius 3 is 2.83 bits per heavy atom. The first-order valence-corrected chi connectivity index (χ1v) is 5.79. The van der Waals surface area contributed by atoms with E-state index in [-0.39, 0.29) is 18.2 Å². The third kappa shape index (κ3) is 5.94. The number of rotatable bonds is 7. The minimum absolute atomic E-state index is 0.0138. The lowest BCUT2D eigenvalue weighted by atomic mass is 10.5. The van der Waals surface area contributed by atoms with Gasteiger partial charge in [0.25, 0.3) is 0 Å². The van der Waals surface area contributed by atoms with E-state index < -0.39 is 18.8 Å². The molecule has 102 valence electrons. The number of ether oxygens (including phenoxy) is 1. The number of hydrogen-bond acceptors (Lipinski definition) is 5. The van der Waals surface area contributed by atoms with Crippen LogP contribution in [0.2, 0.25) is 0 Å². The van der Waals surface area contributed by atoms with Crippen molar-refractivity contribution < 1.29 is 27.8 Å². The highest BCUT2D eigenvalue weighted by Gasteiger charge is 2.27. The monoisotopic (exact) mass is 284 g/mol. The molecule has 18 heavy (non-hydrogen) atoms. The van der Waals surface area contributed by atoms with Crippen LogP contribution < -0.4 is 5.32 Å². The summed E-state index contributed by atoms with van der Waals surface area (Å²) in [5, 5.41) is 13.0. The number of halogens is 3. The summed E-state index contributed by atoms with van der Waals surface area (Å²) in [5.41, 5.74) is 0.535. The van der Waals surface area contributed by atoms with Crippen LogP contribution in [0.4, 0.5) is 13.2 Å². The maximum absolute atomic E-state index is 11.7. The Hall–Kier alpha value is -1.19. The third-order valence-electron chi connectivity index (χ3n) is 1.73. The number of carboxylic acids is 1. The highest BCUT2D eigenvalue weighted by molar-refractivity contribution is 7.11. The molecule has 0 fully saturated rings. The molecule has 0 radical (unpaired) electrons. The van der Waals surface area contributed by atoms with Gasteiger partial charge in [-0.1, -0.05) is 0 Å². The van der Waals surface area contributed by atoms with Gasteiger partial charge in [0.05, 0.1) is 12.3 Å². The van der Waals surface area contributed by atoms with Gasteiger partial charge < -0.3 is 15.2 Å². The van der Waals surface area contributed by atoms with E-state index in [0.29, 0.717) is 12.2 Å². The number of carboxylic acid groups (broad SMARTS) is 1. The van der Waals surface area contributed by atoms with Gasteiger partial charge in [0.2, 0.25) is 5.01 Å². The van der Waals surface area contributed by atoms with Crippen LogP contribution in [0.15, 0.2) is 5.38 Å². The molecule has 2 N–H and O–H groups in total. The predicted octanol–water partition coefficient (Wildman–Crippen LogP) is 1.51. The van der Waals surface area contributed by atoms with E-state index in [0.717, 1.165) is 11.3 Å². The molecule has 1 rings (SSSR count). The Kier molecular flexibility index (Phi) is 5.51. The number of nitrogens with zero attached hydrogens (tertiary/aromatic N) is 1. The molecular formula is C9H11F3N2O3S. The van der Waals surface area contributed by atoms with Gasteiger partial charge in [0.1, 0.15) is 6.61 Å². The Balaban J connectivity index is 2.12. The van der Waals surface area contributed by atoms with Crippen molar-refractivity contribution in [2.75, 3.05) is 19.8 Å². The van der Waals surface area contributed by atoms with Gasteiger partial charge in [-0.25, -0.2) is 9.78 Å². The van der Waals surface area contributed by atoms with Crippen molar-refractivity contribution in [1.82, 2.24) is 10.3 Å². The molecule has 0 saturated carbocycles. The van der Waals surface area contributed by atoms with Crippen LogP contribution in [0.5, 0.6) is 0 Å². The van der Waals surface area contributed by atoms with E-state index in [1.807, 2.05) is 0 Å². The lowest BCUT2D eigenvalue weighted by Crippen LogP contribution is -2.23. The molecule has 0 unspecified atom stereocenters. The summed E-state index contributed by atoms with van der Waals surface area (Å²) < 4.78 is 39.5. The molecule has 0 aliphatic carbocycles. The molecule has 0 atom stereocenters. The predicted molar refractivity (Wildman–Crippen MR) is 57.7 cm³/mol. The molecular weight excluding hydrogens is 273 g/mol. The van der Waals surface area contributed by atoms with E-state index in [9.17, 15) is 18.0 Å². The standard InChI is InChI=1S/C9H11F3N2O3S/c10-9(11,12)5-17-2-1-13-3-6-4-18-7(14-6)8(15)16/h4,13H,1-3,5H2,(H,15,16). The van der Waals surface area contributed by atoms with E-state index in [1.165, 1.54) is 0 Å². The smallest absolute Gasteiger partial charge is 0.411 e. The SMILES string of the molecule is O=C(O)c1nc(CNCCOCC(F)(F)F)cs1. The topological polar surface area (TPSA) is 71.5 Å². The Labute approximate surface area is 105 Å². The summed E-state index contributed by atoms with van der Waals surface area (Å²) in [6.45, 7) is -0.820. The number of hydrogen-bond donors (Lipinski definition) is 2. The van der Waals surface area contributed by atoms with E-state index >= 15 is 0 Å². The van der Waals surface area contributed by atoms with Crippen molar-refractivity contribution >= 4 is 17.3 Å². The van der Waals surface area contributed by atoms with E-state index in [1.54, 1.807) is 5.38 Å². The van der Waals surface area contributed by atoms with Gasteiger partial charge in [-0.3, -0.25) is 0 Å². The molecule has 5 nitrogen and oxygen atoms in total. The van der Waals surface area contributed by atoms with Gasteiger partial charge in [-0.2, -0.15) is 13.2 Å². The van der Waals surface area contributed by atoms with Crippen LogP contribution in [0.1, 0.15) is 15.5 Å². The number of thiazole rings is 1. The fourth-order valence-corrected chi connectivity index (χ4v) is 1.69. The van der Waals surface area contributed by atoms with E-state index in [2.05, 4.69) is 15.0 Å². The van der Waals surface area contributed by atoms with Crippen molar-refractivity contribution in [2.24, 2.45) is 0 Å². The number of aromatic nitrogens is 1. The molecule has 0 amide bonds. The zero-order valence-electron chi connectivity index (χ0n) is 9.16. The minimum atomic E-state index is -4.31.